The van der Waals surface area contributed by atoms with Crippen LogP contribution in [-0.2, 0) is 18.5 Å². The van der Waals surface area contributed by atoms with Gasteiger partial charge in [0, 0.05) is 5.56 Å². The Bertz CT molecular complexity index is 1610. The van der Waals surface area contributed by atoms with Gasteiger partial charge in [0.15, 0.2) is 5.16 Å². The molecule has 0 aliphatic rings. The summed E-state index contributed by atoms with van der Waals surface area (Å²) in [6, 6.07) is 19.2. The van der Waals surface area contributed by atoms with E-state index in [-0.39, 0.29) is 35.1 Å². The van der Waals surface area contributed by atoms with E-state index >= 15 is 0 Å². The summed E-state index contributed by atoms with van der Waals surface area (Å²) >= 11 is 1.22. The molecule has 0 N–H and O–H groups in total. The maximum absolute atomic E-state index is 13.3. The van der Waals surface area contributed by atoms with Crippen LogP contribution in [0.2, 0.25) is 0 Å². The molecule has 0 bridgehead atoms. The lowest BCUT2D eigenvalue weighted by molar-refractivity contribution is -0.137. The molecule has 2 aromatic heterocycles. The first-order valence-electron chi connectivity index (χ1n) is 11.1. The molecule has 0 fully saturated rings. The number of para-hydroxylation sites is 1. The molecule has 0 spiro atoms. The molecule has 0 atom stereocenters. The number of alkyl halides is 3. The maximum Gasteiger partial charge on any atom is 0.416 e. The lowest BCUT2D eigenvalue weighted by Gasteiger charge is -2.13. The van der Waals surface area contributed by atoms with Crippen LogP contribution in [0.15, 0.2) is 87.3 Å². The van der Waals surface area contributed by atoms with Crippen molar-refractivity contribution in [2.75, 3.05) is 7.11 Å². The summed E-state index contributed by atoms with van der Waals surface area (Å²) in [7, 11) is 1.58. The molecule has 0 amide bonds. The van der Waals surface area contributed by atoms with E-state index in [0.717, 1.165) is 17.7 Å². The number of aromatic nitrogens is 4. The van der Waals surface area contributed by atoms with Crippen LogP contribution in [0.5, 0.6) is 5.75 Å². The quantitative estimate of drug-likeness (QED) is 0.196. The van der Waals surface area contributed by atoms with Crippen LogP contribution in [0.25, 0.3) is 22.3 Å². The number of ether oxygens (including phenoxy) is 1. The molecule has 5 rings (SSSR count). The van der Waals surface area contributed by atoms with Crippen LogP contribution in [0, 0.1) is 0 Å². The smallest absolute Gasteiger partial charge is 0.416 e. The Morgan fingerprint density at radius 1 is 1.00 bits per heavy atom. The highest BCUT2D eigenvalue weighted by Gasteiger charge is 2.30. The number of thioether (sulfide) groups is 1. The van der Waals surface area contributed by atoms with Crippen molar-refractivity contribution in [2.24, 2.45) is 0 Å². The summed E-state index contributed by atoms with van der Waals surface area (Å²) in [6.07, 6.45) is -4.48. The predicted molar refractivity (Wildman–Crippen MR) is 132 cm³/mol. The van der Waals surface area contributed by atoms with Gasteiger partial charge < -0.3 is 9.26 Å². The third-order valence-corrected chi connectivity index (χ3v) is 6.53. The number of nitrogens with zero attached hydrogens (tertiary/aromatic N) is 4. The van der Waals surface area contributed by atoms with Crippen molar-refractivity contribution in [3.63, 3.8) is 0 Å². The molecular weight excluding hydrogens is 505 g/mol. The molecule has 0 saturated heterocycles. The summed E-state index contributed by atoms with van der Waals surface area (Å²) in [6.45, 7) is 0.280. The van der Waals surface area contributed by atoms with Crippen LogP contribution in [0.1, 0.15) is 17.0 Å². The molecule has 0 saturated carbocycles. The van der Waals surface area contributed by atoms with Crippen molar-refractivity contribution >= 4 is 22.7 Å². The van der Waals surface area contributed by atoms with Crippen LogP contribution < -0.4 is 10.3 Å². The molecule has 0 aliphatic heterocycles. The van der Waals surface area contributed by atoms with E-state index in [1.165, 1.54) is 23.9 Å². The van der Waals surface area contributed by atoms with Crippen molar-refractivity contribution in [3.8, 4) is 17.1 Å². The summed E-state index contributed by atoms with van der Waals surface area (Å²) in [4.78, 5) is 22.2. The van der Waals surface area contributed by atoms with E-state index in [4.69, 9.17) is 9.26 Å². The maximum atomic E-state index is 13.3. The van der Waals surface area contributed by atoms with Crippen molar-refractivity contribution < 1.29 is 22.4 Å². The van der Waals surface area contributed by atoms with Crippen molar-refractivity contribution in [1.82, 2.24) is 19.7 Å². The Labute approximate surface area is 212 Å². The average molecular weight is 525 g/mol. The largest absolute Gasteiger partial charge is 0.497 e. The van der Waals surface area contributed by atoms with Gasteiger partial charge in [0.25, 0.3) is 5.56 Å². The predicted octanol–water partition coefficient (Wildman–Crippen LogP) is 5.81. The molecule has 7 nitrogen and oxygen atoms in total. The van der Waals surface area contributed by atoms with Gasteiger partial charge in [-0.05, 0) is 42.0 Å². The number of halogens is 3. The molecule has 11 heteroatoms. The van der Waals surface area contributed by atoms with Crippen LogP contribution in [-0.4, -0.2) is 26.8 Å². The number of methoxy groups -OCH3 is 1. The van der Waals surface area contributed by atoms with Gasteiger partial charge in [-0.25, -0.2) is 4.98 Å². The second-order valence-electron chi connectivity index (χ2n) is 8.03. The summed E-state index contributed by atoms with van der Waals surface area (Å²) in [5, 5.41) is 4.76. The monoisotopic (exact) mass is 524 g/mol. The lowest BCUT2D eigenvalue weighted by atomic mass is 10.1. The molecule has 5 aromatic rings. The highest BCUT2D eigenvalue weighted by Crippen LogP contribution is 2.32. The van der Waals surface area contributed by atoms with Crippen LogP contribution in [0.3, 0.4) is 0 Å². The number of rotatable bonds is 7. The molecule has 0 aliphatic carbocycles. The Hall–Kier alpha value is -4.12. The van der Waals surface area contributed by atoms with Crippen LogP contribution in [0.4, 0.5) is 13.2 Å². The van der Waals surface area contributed by atoms with Gasteiger partial charge in [0.05, 0.1) is 35.9 Å². The van der Waals surface area contributed by atoms with Crippen molar-refractivity contribution in [2.45, 2.75) is 23.6 Å². The second kappa shape index (κ2) is 10.1. The van der Waals surface area contributed by atoms with E-state index in [2.05, 4.69) is 15.1 Å². The zero-order chi connectivity index (χ0) is 26.0. The number of benzene rings is 3. The molecule has 188 valence electrons. The highest BCUT2D eigenvalue weighted by atomic mass is 32.2. The van der Waals surface area contributed by atoms with E-state index in [1.807, 2.05) is 24.3 Å². The highest BCUT2D eigenvalue weighted by molar-refractivity contribution is 7.98. The van der Waals surface area contributed by atoms with E-state index in [1.54, 1.807) is 35.9 Å². The minimum Gasteiger partial charge on any atom is -0.497 e. The Morgan fingerprint density at radius 3 is 2.54 bits per heavy atom. The van der Waals surface area contributed by atoms with Crippen LogP contribution >= 0.6 is 11.8 Å². The molecule has 0 unspecified atom stereocenters. The first kappa shape index (κ1) is 24.6. The molecule has 0 radical (unpaired) electrons. The van der Waals surface area contributed by atoms with Gasteiger partial charge in [0.1, 0.15) is 5.75 Å². The number of fused-ring (bicyclic) bond motifs is 1. The third-order valence-electron chi connectivity index (χ3n) is 5.57. The SMILES string of the molecule is COc1ccc(Cn2c(SCc3nc(-c4cccc(C(F)(F)F)c4)no3)nc3ccccc3c2=O)cc1. The third kappa shape index (κ3) is 5.36. The number of hydrogen-bond donors (Lipinski definition) is 0. The van der Waals surface area contributed by atoms with Crippen molar-refractivity contribution in [3.05, 3.63) is 100 Å². The van der Waals surface area contributed by atoms with E-state index in [9.17, 15) is 18.0 Å². The van der Waals surface area contributed by atoms with Gasteiger partial charge in [-0.1, -0.05) is 53.3 Å². The topological polar surface area (TPSA) is 83.0 Å². The number of hydrogen-bond acceptors (Lipinski definition) is 7. The molecule has 3 aromatic carbocycles. The Balaban J connectivity index is 1.43. The second-order valence-corrected chi connectivity index (χ2v) is 8.97. The summed E-state index contributed by atoms with van der Waals surface area (Å²) in [5.74, 6) is 1.11. The van der Waals surface area contributed by atoms with Gasteiger partial charge in [0.2, 0.25) is 11.7 Å². The molecule has 2 heterocycles. The van der Waals surface area contributed by atoms with Crippen molar-refractivity contribution in [1.29, 1.82) is 0 Å². The lowest BCUT2D eigenvalue weighted by Crippen LogP contribution is -2.24. The van der Waals surface area contributed by atoms with Gasteiger partial charge in [-0.2, -0.15) is 18.2 Å². The Kier molecular flexibility index (Phi) is 6.70. The minimum atomic E-state index is -4.48. The fourth-order valence-corrected chi connectivity index (χ4v) is 4.54. The first-order valence-corrected chi connectivity index (χ1v) is 12.1. The molecular formula is C26H19F3N4O3S. The summed E-state index contributed by atoms with van der Waals surface area (Å²) < 4.78 is 51.2. The van der Waals surface area contributed by atoms with Gasteiger partial charge in [-0.15, -0.1) is 0 Å². The normalized spacial score (nSPS) is 11.7. The van der Waals surface area contributed by atoms with Gasteiger partial charge in [-0.3, -0.25) is 9.36 Å². The fourth-order valence-electron chi connectivity index (χ4n) is 3.70. The minimum absolute atomic E-state index is 0.0452. The van der Waals surface area contributed by atoms with Gasteiger partial charge >= 0.3 is 6.18 Å². The standard InChI is InChI=1S/C26H19F3N4O3S/c1-35-19-11-9-16(10-12-19)14-33-24(34)20-7-2-3-8-21(20)30-25(33)37-15-22-31-23(32-36-22)17-5-4-6-18(13-17)26(27,28)29/h2-13H,14-15H2,1H3. The van der Waals surface area contributed by atoms with E-state index < -0.39 is 11.7 Å². The molecule has 37 heavy (non-hydrogen) atoms. The van der Waals surface area contributed by atoms with E-state index in [0.29, 0.717) is 21.8 Å². The Morgan fingerprint density at radius 2 is 1.78 bits per heavy atom. The zero-order valence-electron chi connectivity index (χ0n) is 19.4. The average Bonchev–Trinajstić information content (AvgIpc) is 3.38. The summed E-state index contributed by atoms with van der Waals surface area (Å²) in [5.41, 5.74) is 0.630. The fraction of sp³-hybridized carbons (Fsp3) is 0.154. The first-order chi connectivity index (χ1) is 17.8. The zero-order valence-corrected chi connectivity index (χ0v) is 20.2.